The Labute approximate surface area is 120 Å². The third-order valence-corrected chi connectivity index (χ3v) is 3.89. The Morgan fingerprint density at radius 2 is 1.70 bits per heavy atom. The summed E-state index contributed by atoms with van der Waals surface area (Å²) in [6, 6.07) is 15.7. The summed E-state index contributed by atoms with van der Waals surface area (Å²) in [5, 5.41) is 0. The number of rotatable bonds is 4. The average molecular weight is 267 g/mol. The molecule has 0 aromatic heterocycles. The molecule has 0 fully saturated rings. The van der Waals surface area contributed by atoms with Gasteiger partial charge in [-0.25, -0.2) is 0 Å². The molecule has 1 atom stereocenters. The van der Waals surface area contributed by atoms with Gasteiger partial charge in [0.25, 0.3) is 0 Å². The van der Waals surface area contributed by atoms with Gasteiger partial charge in [-0.1, -0.05) is 48.5 Å². The van der Waals surface area contributed by atoms with Crippen LogP contribution in [0.3, 0.4) is 0 Å². The summed E-state index contributed by atoms with van der Waals surface area (Å²) in [5.41, 5.74) is 9.62. The molecule has 0 saturated heterocycles. The topological polar surface area (TPSA) is 43.1 Å². The largest absolute Gasteiger partial charge is 0.315 e. The van der Waals surface area contributed by atoms with Crippen molar-refractivity contribution in [2.45, 2.75) is 32.7 Å². The number of ketones is 1. The highest BCUT2D eigenvalue weighted by Gasteiger charge is 2.29. The van der Waals surface area contributed by atoms with E-state index in [0.717, 1.165) is 11.1 Å². The van der Waals surface area contributed by atoms with Crippen molar-refractivity contribution in [3.63, 3.8) is 0 Å². The fraction of sp³-hybridized carbons (Fsp3) is 0.278. The molecule has 2 heteroatoms. The fourth-order valence-corrected chi connectivity index (χ4v) is 2.23. The Balaban J connectivity index is 2.21. The molecular formula is C18H21NO. The Bertz CT molecular complexity index is 615. The molecule has 2 nitrogen and oxygen atoms in total. The van der Waals surface area contributed by atoms with Gasteiger partial charge in [-0.05, 0) is 43.0 Å². The lowest BCUT2D eigenvalue weighted by molar-refractivity contribution is -0.123. The first-order valence-corrected chi connectivity index (χ1v) is 6.85. The zero-order valence-electron chi connectivity index (χ0n) is 12.3. The number of benzene rings is 2. The second kappa shape index (κ2) is 5.59. The van der Waals surface area contributed by atoms with Gasteiger partial charge in [-0.15, -0.1) is 0 Å². The van der Waals surface area contributed by atoms with E-state index in [4.69, 9.17) is 5.73 Å². The lowest BCUT2D eigenvalue weighted by Crippen LogP contribution is -2.42. The van der Waals surface area contributed by atoms with E-state index in [1.54, 1.807) is 6.92 Å². The molecule has 0 aliphatic heterocycles. The van der Waals surface area contributed by atoms with Crippen LogP contribution < -0.4 is 5.73 Å². The molecule has 2 aromatic rings. The van der Waals surface area contributed by atoms with Crippen LogP contribution in [-0.4, -0.2) is 5.78 Å². The summed E-state index contributed by atoms with van der Waals surface area (Å²) in [6.07, 6.45) is 0.364. The highest BCUT2D eigenvalue weighted by atomic mass is 16.1. The molecule has 0 aliphatic carbocycles. The SMILES string of the molecule is Cc1ccc(CC(=O)C(C)(N)c2ccccc2)cc1C. The van der Waals surface area contributed by atoms with Crippen molar-refractivity contribution in [3.8, 4) is 0 Å². The van der Waals surface area contributed by atoms with Crippen LogP contribution in [0.5, 0.6) is 0 Å². The standard InChI is InChI=1S/C18H21NO/c1-13-9-10-15(11-14(13)2)12-17(20)18(3,19)16-7-5-4-6-8-16/h4-11H,12,19H2,1-3H3. The third kappa shape index (κ3) is 2.97. The van der Waals surface area contributed by atoms with Gasteiger partial charge in [0, 0.05) is 6.42 Å². The minimum atomic E-state index is -0.944. The van der Waals surface area contributed by atoms with Crippen molar-refractivity contribution >= 4 is 5.78 Å². The first-order chi connectivity index (χ1) is 9.41. The van der Waals surface area contributed by atoms with Gasteiger partial charge in [0.05, 0.1) is 5.54 Å². The second-order valence-electron chi connectivity index (χ2n) is 5.59. The number of hydrogen-bond acceptors (Lipinski definition) is 2. The fourth-order valence-electron chi connectivity index (χ4n) is 2.23. The Kier molecular flexibility index (Phi) is 4.05. The van der Waals surface area contributed by atoms with Crippen molar-refractivity contribution in [3.05, 3.63) is 70.8 Å². The number of Topliss-reactive ketones (excluding diaryl/α,β-unsaturated/α-hetero) is 1. The van der Waals surface area contributed by atoms with Gasteiger partial charge >= 0.3 is 0 Å². The summed E-state index contributed by atoms with van der Waals surface area (Å²) in [7, 11) is 0. The van der Waals surface area contributed by atoms with Crippen molar-refractivity contribution < 1.29 is 4.79 Å². The number of carbonyl (C=O) groups is 1. The van der Waals surface area contributed by atoms with Crippen LogP contribution in [0, 0.1) is 13.8 Å². The second-order valence-corrected chi connectivity index (χ2v) is 5.59. The van der Waals surface area contributed by atoms with Gasteiger partial charge in [0.1, 0.15) is 0 Å². The zero-order valence-corrected chi connectivity index (χ0v) is 12.3. The maximum absolute atomic E-state index is 12.5. The van der Waals surface area contributed by atoms with E-state index in [0.29, 0.717) is 6.42 Å². The third-order valence-electron chi connectivity index (χ3n) is 3.89. The first-order valence-electron chi connectivity index (χ1n) is 6.85. The molecule has 104 valence electrons. The lowest BCUT2D eigenvalue weighted by atomic mass is 9.85. The molecule has 2 aromatic carbocycles. The molecular weight excluding hydrogens is 246 g/mol. The van der Waals surface area contributed by atoms with Crippen molar-refractivity contribution in [2.75, 3.05) is 0 Å². The molecule has 0 aliphatic rings. The predicted octanol–water partition coefficient (Wildman–Crippen LogP) is 3.29. The maximum Gasteiger partial charge on any atom is 0.161 e. The molecule has 20 heavy (non-hydrogen) atoms. The molecule has 0 spiro atoms. The molecule has 0 heterocycles. The molecule has 0 radical (unpaired) electrons. The predicted molar refractivity (Wildman–Crippen MR) is 82.6 cm³/mol. The Morgan fingerprint density at radius 1 is 1.05 bits per heavy atom. The van der Waals surface area contributed by atoms with Crippen LogP contribution >= 0.6 is 0 Å². The van der Waals surface area contributed by atoms with E-state index < -0.39 is 5.54 Å². The van der Waals surface area contributed by atoms with Gasteiger partial charge in [-0.3, -0.25) is 4.79 Å². The van der Waals surface area contributed by atoms with E-state index in [1.165, 1.54) is 11.1 Å². The zero-order chi connectivity index (χ0) is 14.8. The van der Waals surface area contributed by atoms with Crippen LogP contribution in [0.1, 0.15) is 29.2 Å². The van der Waals surface area contributed by atoms with Crippen LogP contribution in [0.4, 0.5) is 0 Å². The van der Waals surface area contributed by atoms with Gasteiger partial charge in [0.2, 0.25) is 0 Å². The summed E-state index contributed by atoms with van der Waals surface area (Å²) in [4.78, 5) is 12.5. The van der Waals surface area contributed by atoms with Crippen LogP contribution in [0.15, 0.2) is 48.5 Å². The highest BCUT2D eigenvalue weighted by molar-refractivity contribution is 5.90. The number of hydrogen-bond donors (Lipinski definition) is 1. The van der Waals surface area contributed by atoms with Crippen LogP contribution in [0.25, 0.3) is 0 Å². The smallest absolute Gasteiger partial charge is 0.161 e. The molecule has 0 amide bonds. The summed E-state index contributed by atoms with van der Waals surface area (Å²) >= 11 is 0. The van der Waals surface area contributed by atoms with Gasteiger partial charge in [0.15, 0.2) is 5.78 Å². The van der Waals surface area contributed by atoms with Gasteiger partial charge in [-0.2, -0.15) is 0 Å². The molecule has 2 N–H and O–H groups in total. The van der Waals surface area contributed by atoms with Crippen molar-refractivity contribution in [1.29, 1.82) is 0 Å². The van der Waals surface area contributed by atoms with Crippen LogP contribution in [-0.2, 0) is 16.8 Å². The lowest BCUT2D eigenvalue weighted by Gasteiger charge is -2.23. The van der Waals surface area contributed by atoms with E-state index in [2.05, 4.69) is 19.9 Å². The quantitative estimate of drug-likeness (QED) is 0.923. The van der Waals surface area contributed by atoms with E-state index in [-0.39, 0.29) is 5.78 Å². The Morgan fingerprint density at radius 3 is 2.30 bits per heavy atom. The van der Waals surface area contributed by atoms with Crippen LogP contribution in [0.2, 0.25) is 0 Å². The van der Waals surface area contributed by atoms with E-state index >= 15 is 0 Å². The highest BCUT2D eigenvalue weighted by Crippen LogP contribution is 2.21. The summed E-state index contributed by atoms with van der Waals surface area (Å²) in [5.74, 6) is 0.0342. The van der Waals surface area contributed by atoms with Crippen molar-refractivity contribution in [2.24, 2.45) is 5.73 Å². The number of aryl methyl sites for hydroxylation is 2. The first kappa shape index (κ1) is 14.5. The Hall–Kier alpha value is -1.93. The summed E-state index contributed by atoms with van der Waals surface area (Å²) in [6.45, 7) is 5.91. The molecule has 0 saturated carbocycles. The summed E-state index contributed by atoms with van der Waals surface area (Å²) < 4.78 is 0. The molecule has 0 bridgehead atoms. The molecule has 1 unspecified atom stereocenters. The minimum Gasteiger partial charge on any atom is -0.315 e. The minimum absolute atomic E-state index is 0.0342. The average Bonchev–Trinajstić information content (AvgIpc) is 2.44. The maximum atomic E-state index is 12.5. The monoisotopic (exact) mass is 267 g/mol. The van der Waals surface area contributed by atoms with Gasteiger partial charge < -0.3 is 5.73 Å². The number of nitrogens with two attached hydrogens (primary N) is 1. The van der Waals surface area contributed by atoms with E-state index in [9.17, 15) is 4.79 Å². The van der Waals surface area contributed by atoms with E-state index in [1.807, 2.05) is 42.5 Å². The number of carbonyl (C=O) groups excluding carboxylic acids is 1. The molecule has 2 rings (SSSR count). The normalized spacial score (nSPS) is 13.8. The van der Waals surface area contributed by atoms with Crippen molar-refractivity contribution in [1.82, 2.24) is 0 Å².